The summed E-state index contributed by atoms with van der Waals surface area (Å²) in [6.45, 7) is 6.24. The molecule has 0 spiro atoms. The van der Waals surface area contributed by atoms with Gasteiger partial charge in [0, 0.05) is 11.6 Å². The van der Waals surface area contributed by atoms with Crippen LogP contribution in [0.2, 0.25) is 0 Å². The van der Waals surface area contributed by atoms with Crippen LogP contribution in [0, 0.1) is 6.92 Å². The fourth-order valence-electron chi connectivity index (χ4n) is 1.54. The first kappa shape index (κ1) is 12.4. The summed E-state index contributed by atoms with van der Waals surface area (Å²) in [5.74, 6) is 2.18. The van der Waals surface area contributed by atoms with Crippen molar-refractivity contribution in [3.8, 4) is 5.75 Å². The lowest BCUT2D eigenvalue weighted by Gasteiger charge is -2.07. The highest BCUT2D eigenvalue weighted by Crippen LogP contribution is 2.21. The number of ether oxygens (including phenoxy) is 1. The van der Waals surface area contributed by atoms with Crippen LogP contribution in [0.1, 0.15) is 37.0 Å². The van der Waals surface area contributed by atoms with Crippen LogP contribution < -0.4 is 10.5 Å². The molecule has 0 radical (unpaired) electrons. The third kappa shape index (κ3) is 2.80. The predicted molar refractivity (Wildman–Crippen MR) is 68.3 cm³/mol. The molecule has 0 aliphatic heterocycles. The molecule has 0 saturated carbocycles. The monoisotopic (exact) mass is 247 g/mol. The maximum Gasteiger partial charge on any atom is 0.229 e. The topological polar surface area (TPSA) is 74.2 Å². The molecular weight excluding hydrogens is 230 g/mol. The van der Waals surface area contributed by atoms with Crippen molar-refractivity contribution in [2.75, 3.05) is 5.73 Å². The summed E-state index contributed by atoms with van der Waals surface area (Å²) in [4.78, 5) is 4.24. The van der Waals surface area contributed by atoms with E-state index in [9.17, 15) is 0 Å². The molecule has 0 amide bonds. The summed E-state index contributed by atoms with van der Waals surface area (Å²) in [7, 11) is 0. The van der Waals surface area contributed by atoms with Gasteiger partial charge in [-0.25, -0.2) is 0 Å². The number of hydrogen-bond donors (Lipinski definition) is 1. The summed E-state index contributed by atoms with van der Waals surface area (Å²) in [6, 6.07) is 5.51. The maximum atomic E-state index is 5.68. The molecule has 0 saturated heterocycles. The Balaban J connectivity index is 2.02. The molecule has 2 rings (SSSR count). The zero-order valence-electron chi connectivity index (χ0n) is 10.8. The summed E-state index contributed by atoms with van der Waals surface area (Å²) < 4.78 is 10.7. The van der Waals surface area contributed by atoms with E-state index in [1.54, 1.807) is 6.07 Å². The Kier molecular flexibility index (Phi) is 3.50. The molecule has 0 aliphatic carbocycles. The SMILES string of the molecule is Cc1cc(N)ccc1OCc1noc(C(C)C)n1. The van der Waals surface area contributed by atoms with Crippen molar-refractivity contribution in [3.05, 3.63) is 35.5 Å². The van der Waals surface area contributed by atoms with Gasteiger partial charge in [-0.3, -0.25) is 0 Å². The van der Waals surface area contributed by atoms with E-state index >= 15 is 0 Å². The molecule has 0 fully saturated rings. The molecule has 2 N–H and O–H groups in total. The Morgan fingerprint density at radius 3 is 2.78 bits per heavy atom. The first-order valence-electron chi connectivity index (χ1n) is 5.87. The Hall–Kier alpha value is -2.04. The highest BCUT2D eigenvalue weighted by molar-refractivity contribution is 5.47. The second-order valence-corrected chi connectivity index (χ2v) is 4.52. The van der Waals surface area contributed by atoms with Gasteiger partial charge in [-0.05, 0) is 30.7 Å². The molecule has 1 heterocycles. The van der Waals surface area contributed by atoms with Crippen molar-refractivity contribution >= 4 is 5.69 Å². The van der Waals surface area contributed by atoms with Crippen LogP contribution in [-0.4, -0.2) is 10.1 Å². The first-order valence-corrected chi connectivity index (χ1v) is 5.87. The molecular formula is C13H17N3O2. The number of benzene rings is 1. The normalized spacial score (nSPS) is 10.9. The summed E-state index contributed by atoms with van der Waals surface area (Å²) in [5, 5.41) is 3.86. The summed E-state index contributed by atoms with van der Waals surface area (Å²) >= 11 is 0. The van der Waals surface area contributed by atoms with Gasteiger partial charge in [0.25, 0.3) is 0 Å². The molecule has 0 aliphatic rings. The van der Waals surface area contributed by atoms with Crippen LogP contribution in [0.5, 0.6) is 5.75 Å². The zero-order valence-corrected chi connectivity index (χ0v) is 10.8. The standard InChI is InChI=1S/C13H17N3O2/c1-8(2)13-15-12(16-18-13)7-17-11-5-4-10(14)6-9(11)3/h4-6,8H,7,14H2,1-3H3. The number of anilines is 1. The van der Waals surface area contributed by atoms with Crippen LogP contribution in [0.4, 0.5) is 5.69 Å². The Morgan fingerprint density at radius 2 is 2.17 bits per heavy atom. The van der Waals surface area contributed by atoms with E-state index in [1.807, 2.05) is 32.9 Å². The third-order valence-corrected chi connectivity index (χ3v) is 2.53. The predicted octanol–water partition coefficient (Wildman–Crippen LogP) is 2.66. The van der Waals surface area contributed by atoms with E-state index in [1.165, 1.54) is 0 Å². The van der Waals surface area contributed by atoms with Crippen molar-refractivity contribution in [2.24, 2.45) is 0 Å². The van der Waals surface area contributed by atoms with Gasteiger partial charge in [-0.2, -0.15) is 4.98 Å². The Labute approximate surface area is 106 Å². The van der Waals surface area contributed by atoms with Crippen molar-refractivity contribution in [1.29, 1.82) is 0 Å². The second kappa shape index (κ2) is 5.08. The smallest absolute Gasteiger partial charge is 0.229 e. The highest BCUT2D eigenvalue weighted by atomic mass is 16.5. The van der Waals surface area contributed by atoms with E-state index in [2.05, 4.69) is 10.1 Å². The average molecular weight is 247 g/mol. The Bertz CT molecular complexity index is 535. The van der Waals surface area contributed by atoms with Gasteiger partial charge < -0.3 is 15.0 Å². The highest BCUT2D eigenvalue weighted by Gasteiger charge is 2.10. The molecule has 0 atom stereocenters. The molecule has 1 aromatic carbocycles. The molecule has 0 unspecified atom stereocenters. The minimum Gasteiger partial charge on any atom is -0.485 e. The van der Waals surface area contributed by atoms with Crippen LogP contribution in [0.25, 0.3) is 0 Å². The van der Waals surface area contributed by atoms with Gasteiger partial charge >= 0.3 is 0 Å². The molecule has 1 aromatic heterocycles. The minimum absolute atomic E-state index is 0.226. The van der Waals surface area contributed by atoms with Crippen molar-refractivity contribution < 1.29 is 9.26 Å². The fraction of sp³-hybridized carbons (Fsp3) is 0.385. The molecule has 96 valence electrons. The second-order valence-electron chi connectivity index (χ2n) is 4.52. The fourth-order valence-corrected chi connectivity index (χ4v) is 1.54. The molecule has 5 heteroatoms. The number of nitrogens with zero attached hydrogens (tertiary/aromatic N) is 2. The maximum absolute atomic E-state index is 5.68. The van der Waals surface area contributed by atoms with Crippen molar-refractivity contribution in [1.82, 2.24) is 10.1 Å². The number of aryl methyl sites for hydroxylation is 1. The molecule has 18 heavy (non-hydrogen) atoms. The lowest BCUT2D eigenvalue weighted by molar-refractivity contribution is 0.283. The van der Waals surface area contributed by atoms with E-state index < -0.39 is 0 Å². The van der Waals surface area contributed by atoms with Gasteiger partial charge in [0.1, 0.15) is 5.75 Å². The van der Waals surface area contributed by atoms with Gasteiger partial charge in [0.05, 0.1) is 0 Å². The van der Waals surface area contributed by atoms with E-state index in [4.69, 9.17) is 15.0 Å². The first-order chi connectivity index (χ1) is 8.56. The van der Waals surface area contributed by atoms with Crippen molar-refractivity contribution in [2.45, 2.75) is 33.3 Å². The lowest BCUT2D eigenvalue weighted by atomic mass is 10.2. The summed E-state index contributed by atoms with van der Waals surface area (Å²) in [6.07, 6.45) is 0. The van der Waals surface area contributed by atoms with Crippen molar-refractivity contribution in [3.63, 3.8) is 0 Å². The van der Waals surface area contributed by atoms with E-state index in [0.717, 1.165) is 17.0 Å². The average Bonchev–Trinajstić information content (AvgIpc) is 2.76. The largest absolute Gasteiger partial charge is 0.485 e. The lowest BCUT2D eigenvalue weighted by Crippen LogP contribution is -2.00. The van der Waals surface area contributed by atoms with Gasteiger partial charge in [-0.1, -0.05) is 19.0 Å². The van der Waals surface area contributed by atoms with Crippen LogP contribution in [0.15, 0.2) is 22.7 Å². The molecule has 2 aromatic rings. The Morgan fingerprint density at radius 1 is 1.39 bits per heavy atom. The third-order valence-electron chi connectivity index (χ3n) is 2.53. The number of hydrogen-bond acceptors (Lipinski definition) is 5. The number of aromatic nitrogens is 2. The zero-order chi connectivity index (χ0) is 13.1. The van der Waals surface area contributed by atoms with Gasteiger partial charge in [-0.15, -0.1) is 0 Å². The summed E-state index contributed by atoms with van der Waals surface area (Å²) in [5.41, 5.74) is 7.39. The van der Waals surface area contributed by atoms with Gasteiger partial charge in [0.15, 0.2) is 6.61 Å². The minimum atomic E-state index is 0.226. The molecule has 0 bridgehead atoms. The number of nitrogen functional groups attached to an aromatic ring is 1. The quantitative estimate of drug-likeness (QED) is 0.841. The van der Waals surface area contributed by atoms with Crippen LogP contribution in [-0.2, 0) is 6.61 Å². The molecule has 5 nitrogen and oxygen atoms in total. The number of nitrogens with two attached hydrogens (primary N) is 1. The van der Waals surface area contributed by atoms with Gasteiger partial charge in [0.2, 0.25) is 11.7 Å². The number of rotatable bonds is 4. The van der Waals surface area contributed by atoms with E-state index in [-0.39, 0.29) is 5.92 Å². The van der Waals surface area contributed by atoms with Crippen LogP contribution in [0.3, 0.4) is 0 Å². The van der Waals surface area contributed by atoms with Crippen LogP contribution >= 0.6 is 0 Å². The van der Waals surface area contributed by atoms with E-state index in [0.29, 0.717) is 18.3 Å².